The zero-order chi connectivity index (χ0) is 21.3. The van der Waals surface area contributed by atoms with Crippen molar-refractivity contribution in [3.05, 3.63) is 76.5 Å². The summed E-state index contributed by atoms with van der Waals surface area (Å²) in [5, 5.41) is 4.09. The van der Waals surface area contributed by atoms with Crippen LogP contribution in [0.1, 0.15) is 5.56 Å². The molecule has 0 radical (unpaired) electrons. The summed E-state index contributed by atoms with van der Waals surface area (Å²) in [4.78, 5) is 25.9. The molecule has 30 heavy (non-hydrogen) atoms. The minimum absolute atomic E-state index is 0.0270. The standard InChI is InChI=1S/C24H22N2O4/c1-15-8-10-20-18(12-15)24(28)17-6-4-5-7-19(17)26(20)14-23(27)25-16-9-11-21(29-2)22(13-16)30-3/h4-13H,14H2,1-3H3,(H,25,27). The fraction of sp³-hybridized carbons (Fsp3) is 0.167. The van der Waals surface area contributed by atoms with Crippen LogP contribution in [0, 0.1) is 6.92 Å². The second-order valence-corrected chi connectivity index (χ2v) is 7.07. The van der Waals surface area contributed by atoms with Crippen molar-refractivity contribution >= 4 is 33.4 Å². The highest BCUT2D eigenvalue weighted by molar-refractivity contribution is 5.97. The number of carbonyl (C=O) groups excluding carboxylic acids is 1. The fourth-order valence-electron chi connectivity index (χ4n) is 3.67. The Bertz CT molecular complexity index is 1320. The van der Waals surface area contributed by atoms with Crippen LogP contribution in [0.2, 0.25) is 0 Å². The maximum Gasteiger partial charge on any atom is 0.244 e. The van der Waals surface area contributed by atoms with Gasteiger partial charge in [-0.1, -0.05) is 23.8 Å². The van der Waals surface area contributed by atoms with Gasteiger partial charge >= 0.3 is 0 Å². The van der Waals surface area contributed by atoms with Crippen LogP contribution in [0.15, 0.2) is 65.5 Å². The number of hydrogen-bond acceptors (Lipinski definition) is 4. The van der Waals surface area contributed by atoms with E-state index in [-0.39, 0.29) is 17.9 Å². The molecule has 4 aromatic rings. The third-order valence-corrected chi connectivity index (χ3v) is 5.10. The molecule has 1 amide bonds. The summed E-state index contributed by atoms with van der Waals surface area (Å²) >= 11 is 0. The van der Waals surface area contributed by atoms with Crippen molar-refractivity contribution in [2.75, 3.05) is 19.5 Å². The largest absolute Gasteiger partial charge is 0.493 e. The summed E-state index contributed by atoms with van der Waals surface area (Å²) in [5.41, 5.74) is 3.02. The molecule has 0 bridgehead atoms. The van der Waals surface area contributed by atoms with Gasteiger partial charge in [-0.25, -0.2) is 0 Å². The third-order valence-electron chi connectivity index (χ3n) is 5.10. The van der Waals surface area contributed by atoms with Gasteiger partial charge in [0.2, 0.25) is 5.91 Å². The van der Waals surface area contributed by atoms with Crippen LogP contribution in [0.3, 0.4) is 0 Å². The first kappa shape index (κ1) is 19.5. The number of aryl methyl sites for hydroxylation is 1. The van der Waals surface area contributed by atoms with Gasteiger partial charge in [-0.15, -0.1) is 0 Å². The summed E-state index contributed by atoms with van der Waals surface area (Å²) < 4.78 is 12.4. The topological polar surface area (TPSA) is 69.6 Å². The van der Waals surface area contributed by atoms with E-state index in [0.29, 0.717) is 28.0 Å². The highest BCUT2D eigenvalue weighted by atomic mass is 16.5. The first-order valence-electron chi connectivity index (χ1n) is 9.55. The molecule has 0 saturated carbocycles. The van der Waals surface area contributed by atoms with Crippen LogP contribution in [0.4, 0.5) is 5.69 Å². The van der Waals surface area contributed by atoms with E-state index < -0.39 is 0 Å². The zero-order valence-electron chi connectivity index (χ0n) is 17.1. The number of aromatic nitrogens is 1. The average molecular weight is 402 g/mol. The normalized spacial score (nSPS) is 10.9. The van der Waals surface area contributed by atoms with E-state index in [2.05, 4.69) is 5.32 Å². The van der Waals surface area contributed by atoms with Crippen LogP contribution in [0.5, 0.6) is 11.5 Å². The number of para-hydroxylation sites is 1. The lowest BCUT2D eigenvalue weighted by Crippen LogP contribution is -2.21. The predicted molar refractivity (Wildman–Crippen MR) is 119 cm³/mol. The molecule has 4 rings (SSSR count). The highest BCUT2D eigenvalue weighted by Crippen LogP contribution is 2.30. The van der Waals surface area contributed by atoms with E-state index in [1.165, 1.54) is 0 Å². The molecule has 0 fully saturated rings. The van der Waals surface area contributed by atoms with Gasteiger partial charge in [0.25, 0.3) is 0 Å². The molecule has 0 unspecified atom stereocenters. The van der Waals surface area contributed by atoms with Gasteiger partial charge < -0.3 is 19.4 Å². The van der Waals surface area contributed by atoms with E-state index >= 15 is 0 Å². The molecule has 0 spiro atoms. The zero-order valence-corrected chi connectivity index (χ0v) is 17.1. The second kappa shape index (κ2) is 7.91. The van der Waals surface area contributed by atoms with Gasteiger partial charge in [0.15, 0.2) is 16.9 Å². The highest BCUT2D eigenvalue weighted by Gasteiger charge is 2.14. The molecule has 0 atom stereocenters. The Morgan fingerprint density at radius 2 is 1.63 bits per heavy atom. The Kier molecular flexibility index (Phi) is 5.14. The molecule has 6 heteroatoms. The number of methoxy groups -OCH3 is 2. The molecule has 0 aliphatic rings. The van der Waals surface area contributed by atoms with Gasteiger partial charge in [0.05, 0.1) is 25.3 Å². The van der Waals surface area contributed by atoms with Crippen molar-refractivity contribution in [3.63, 3.8) is 0 Å². The summed E-state index contributed by atoms with van der Waals surface area (Å²) in [6, 6.07) is 18.3. The number of pyridine rings is 1. The Morgan fingerprint density at radius 3 is 2.40 bits per heavy atom. The minimum Gasteiger partial charge on any atom is -0.493 e. The van der Waals surface area contributed by atoms with Crippen molar-refractivity contribution in [2.24, 2.45) is 0 Å². The number of benzene rings is 3. The SMILES string of the molecule is COc1ccc(NC(=O)Cn2c3ccccc3c(=O)c3cc(C)ccc32)cc1OC. The first-order valence-corrected chi connectivity index (χ1v) is 9.55. The number of carbonyl (C=O) groups is 1. The van der Waals surface area contributed by atoms with Crippen LogP contribution in [-0.4, -0.2) is 24.7 Å². The van der Waals surface area contributed by atoms with Crippen LogP contribution < -0.4 is 20.2 Å². The van der Waals surface area contributed by atoms with Gasteiger partial charge in [-0.05, 0) is 43.3 Å². The van der Waals surface area contributed by atoms with E-state index in [0.717, 1.165) is 16.6 Å². The predicted octanol–water partition coefficient (Wildman–Crippen LogP) is 4.12. The molecular formula is C24H22N2O4. The Labute approximate surface area is 173 Å². The number of hydrogen-bond donors (Lipinski definition) is 1. The molecule has 3 aromatic carbocycles. The van der Waals surface area contributed by atoms with E-state index in [9.17, 15) is 9.59 Å². The van der Waals surface area contributed by atoms with Crippen LogP contribution in [-0.2, 0) is 11.3 Å². The number of rotatable bonds is 5. The quantitative estimate of drug-likeness (QED) is 0.510. The molecule has 6 nitrogen and oxygen atoms in total. The number of anilines is 1. The Balaban J connectivity index is 1.75. The number of nitrogens with one attached hydrogen (secondary N) is 1. The van der Waals surface area contributed by atoms with Crippen LogP contribution in [0.25, 0.3) is 21.8 Å². The molecule has 1 aromatic heterocycles. The molecule has 0 aliphatic carbocycles. The second-order valence-electron chi connectivity index (χ2n) is 7.07. The van der Waals surface area contributed by atoms with Crippen molar-refractivity contribution < 1.29 is 14.3 Å². The maximum atomic E-state index is 13.0. The number of fused-ring (bicyclic) bond motifs is 2. The van der Waals surface area contributed by atoms with Gasteiger partial charge in [-0.2, -0.15) is 0 Å². The smallest absolute Gasteiger partial charge is 0.244 e. The lowest BCUT2D eigenvalue weighted by Gasteiger charge is -2.16. The number of ether oxygens (including phenoxy) is 2. The fourth-order valence-corrected chi connectivity index (χ4v) is 3.67. The first-order chi connectivity index (χ1) is 14.5. The van der Waals surface area contributed by atoms with Gasteiger partial charge in [0.1, 0.15) is 6.54 Å². The minimum atomic E-state index is -0.210. The van der Waals surface area contributed by atoms with Crippen molar-refractivity contribution in [3.8, 4) is 11.5 Å². The van der Waals surface area contributed by atoms with Crippen molar-refractivity contribution in [2.45, 2.75) is 13.5 Å². The lowest BCUT2D eigenvalue weighted by molar-refractivity contribution is -0.116. The molecule has 1 N–H and O–H groups in total. The Morgan fingerprint density at radius 1 is 0.900 bits per heavy atom. The Hall–Kier alpha value is -3.80. The van der Waals surface area contributed by atoms with Crippen molar-refractivity contribution in [1.29, 1.82) is 0 Å². The monoisotopic (exact) mass is 402 g/mol. The molecule has 0 aliphatic heterocycles. The van der Waals surface area contributed by atoms with E-state index in [4.69, 9.17) is 9.47 Å². The van der Waals surface area contributed by atoms with Gasteiger partial charge in [-0.3, -0.25) is 9.59 Å². The molecular weight excluding hydrogens is 380 g/mol. The summed E-state index contributed by atoms with van der Waals surface area (Å²) in [6.07, 6.45) is 0. The summed E-state index contributed by atoms with van der Waals surface area (Å²) in [5.74, 6) is 0.909. The van der Waals surface area contributed by atoms with Crippen molar-refractivity contribution in [1.82, 2.24) is 4.57 Å². The van der Waals surface area contributed by atoms with Gasteiger partial charge in [0, 0.05) is 22.5 Å². The maximum absolute atomic E-state index is 13.0. The number of amides is 1. The molecule has 152 valence electrons. The molecule has 0 saturated heterocycles. The van der Waals surface area contributed by atoms with E-state index in [1.807, 2.05) is 47.9 Å². The lowest BCUT2D eigenvalue weighted by atomic mass is 10.1. The van der Waals surface area contributed by atoms with Crippen LogP contribution >= 0.6 is 0 Å². The summed E-state index contributed by atoms with van der Waals surface area (Å²) in [6.45, 7) is 2.01. The number of nitrogens with zero attached hydrogens (tertiary/aromatic N) is 1. The summed E-state index contributed by atoms with van der Waals surface area (Å²) in [7, 11) is 3.11. The average Bonchev–Trinajstić information content (AvgIpc) is 2.76. The van der Waals surface area contributed by atoms with E-state index in [1.54, 1.807) is 38.5 Å². The molecule has 1 heterocycles. The third kappa shape index (κ3) is 3.48.